The second-order valence-electron chi connectivity index (χ2n) is 16.9. The molecule has 0 saturated carbocycles. The van der Waals surface area contributed by atoms with Gasteiger partial charge in [0.25, 0.3) is 0 Å². The van der Waals surface area contributed by atoms with Crippen LogP contribution >= 0.6 is 11.3 Å². The normalized spacial score (nSPS) is 14.1. The lowest BCUT2D eigenvalue weighted by Gasteiger charge is -2.32. The Hall–Kier alpha value is -7.78. The van der Waals surface area contributed by atoms with Gasteiger partial charge in [0.2, 0.25) is 0 Å². The molecule has 1 aromatic heterocycles. The van der Waals surface area contributed by atoms with Crippen LogP contribution in [0.2, 0.25) is 0 Å². The van der Waals surface area contributed by atoms with E-state index < -0.39 is 0 Å². The maximum Gasteiger partial charge on any atom is 0.0540 e. The number of anilines is 3. The van der Waals surface area contributed by atoms with Gasteiger partial charge in [0.15, 0.2) is 0 Å². The molecule has 1 unspecified atom stereocenters. The first-order chi connectivity index (χ1) is 31.6. The Balaban J connectivity index is 1.05. The zero-order valence-corrected chi connectivity index (χ0v) is 36.3. The van der Waals surface area contributed by atoms with Crippen molar-refractivity contribution in [2.45, 2.75) is 12.3 Å². The molecule has 2 heteroatoms. The summed E-state index contributed by atoms with van der Waals surface area (Å²) in [4.78, 5) is 2.48. The number of rotatable bonds is 8. The van der Waals surface area contributed by atoms with Crippen LogP contribution in [0.3, 0.4) is 0 Å². The van der Waals surface area contributed by atoms with Gasteiger partial charge in [-0.2, -0.15) is 0 Å². The fourth-order valence-corrected chi connectivity index (χ4v) is 11.4. The van der Waals surface area contributed by atoms with E-state index in [1.165, 1.54) is 86.9 Å². The average molecular weight is 834 g/mol. The summed E-state index contributed by atoms with van der Waals surface area (Å²) in [6, 6.07) is 89.3. The van der Waals surface area contributed by atoms with Gasteiger partial charge in [-0.15, -0.1) is 11.3 Å². The molecule has 1 nitrogen and oxygen atoms in total. The fourth-order valence-electron chi connectivity index (χ4n) is 10.3. The van der Waals surface area contributed by atoms with E-state index in [-0.39, 0.29) is 5.41 Å². The summed E-state index contributed by atoms with van der Waals surface area (Å²) in [5.41, 5.74) is 19.1. The van der Waals surface area contributed by atoms with Crippen LogP contribution in [0.25, 0.3) is 75.8 Å². The molecule has 64 heavy (non-hydrogen) atoms. The monoisotopic (exact) mass is 833 g/mol. The van der Waals surface area contributed by atoms with Gasteiger partial charge >= 0.3 is 0 Å². The number of fused-ring (bicyclic) bond motifs is 6. The van der Waals surface area contributed by atoms with Gasteiger partial charge in [-0.25, -0.2) is 0 Å². The Morgan fingerprint density at radius 2 is 0.859 bits per heavy atom. The first-order valence-corrected chi connectivity index (χ1v) is 22.9. The number of thiophene rings is 1. The summed E-state index contributed by atoms with van der Waals surface area (Å²) in [5, 5.41) is 2.63. The van der Waals surface area contributed by atoms with Gasteiger partial charge in [0, 0.05) is 42.5 Å². The van der Waals surface area contributed by atoms with Crippen LogP contribution in [0.5, 0.6) is 0 Å². The van der Waals surface area contributed by atoms with E-state index in [1.54, 1.807) is 0 Å². The minimum Gasteiger partial charge on any atom is -0.310 e. The second-order valence-corrected chi connectivity index (χ2v) is 18.0. The fraction of sp³-hybridized carbons (Fsp3) is 0.0323. The lowest BCUT2D eigenvalue weighted by Crippen LogP contribution is -2.22. The van der Waals surface area contributed by atoms with E-state index in [4.69, 9.17) is 0 Å². The Bertz CT molecular complexity index is 3510. The van der Waals surface area contributed by atoms with Crippen molar-refractivity contribution in [3.05, 3.63) is 259 Å². The molecule has 10 aromatic carbocycles. The van der Waals surface area contributed by atoms with Gasteiger partial charge in [-0.3, -0.25) is 0 Å². The van der Waals surface area contributed by atoms with E-state index in [0.29, 0.717) is 0 Å². The molecule has 1 heterocycles. The summed E-state index contributed by atoms with van der Waals surface area (Å²) >= 11 is 1.86. The average Bonchev–Trinajstić information content (AvgIpc) is 3.87. The number of nitrogens with zero attached hydrogens (tertiary/aromatic N) is 1. The summed E-state index contributed by atoms with van der Waals surface area (Å²) in [6.45, 7) is 2.40. The van der Waals surface area contributed by atoms with Crippen molar-refractivity contribution in [3.63, 3.8) is 0 Å². The van der Waals surface area contributed by atoms with Crippen LogP contribution in [0.15, 0.2) is 243 Å². The van der Waals surface area contributed by atoms with E-state index >= 15 is 0 Å². The molecule has 0 spiro atoms. The predicted octanol–water partition coefficient (Wildman–Crippen LogP) is 17.5. The zero-order chi connectivity index (χ0) is 42.6. The van der Waals surface area contributed by atoms with Gasteiger partial charge in [0.05, 0.1) is 5.69 Å². The summed E-state index contributed by atoms with van der Waals surface area (Å²) in [5.74, 6) is 0. The molecule has 302 valence electrons. The Morgan fingerprint density at radius 1 is 0.328 bits per heavy atom. The molecular weight excluding hydrogens is 791 g/mol. The van der Waals surface area contributed by atoms with Crippen molar-refractivity contribution in [1.82, 2.24) is 0 Å². The largest absolute Gasteiger partial charge is 0.310 e. The van der Waals surface area contributed by atoms with Crippen LogP contribution in [0, 0.1) is 0 Å². The highest BCUT2D eigenvalue weighted by Gasteiger charge is 2.41. The van der Waals surface area contributed by atoms with Gasteiger partial charge in [-0.1, -0.05) is 194 Å². The third-order valence-electron chi connectivity index (χ3n) is 13.4. The topological polar surface area (TPSA) is 3.24 Å². The zero-order valence-electron chi connectivity index (χ0n) is 35.4. The molecule has 1 aliphatic rings. The van der Waals surface area contributed by atoms with Gasteiger partial charge in [0.1, 0.15) is 0 Å². The van der Waals surface area contributed by atoms with Crippen LogP contribution in [-0.2, 0) is 5.41 Å². The number of para-hydroxylation sites is 1. The predicted molar refractivity (Wildman–Crippen MR) is 273 cm³/mol. The van der Waals surface area contributed by atoms with Gasteiger partial charge < -0.3 is 4.90 Å². The molecule has 12 rings (SSSR count). The third kappa shape index (κ3) is 6.21. The minimum absolute atomic E-state index is 0.337. The molecule has 0 radical (unpaired) electrons. The summed E-state index contributed by atoms with van der Waals surface area (Å²) in [6.07, 6.45) is 0. The van der Waals surface area contributed by atoms with E-state index in [2.05, 4.69) is 254 Å². The van der Waals surface area contributed by atoms with Crippen molar-refractivity contribution >= 4 is 48.6 Å². The summed E-state index contributed by atoms with van der Waals surface area (Å²) < 4.78 is 2.64. The second kappa shape index (κ2) is 15.5. The third-order valence-corrected chi connectivity index (χ3v) is 14.6. The van der Waals surface area contributed by atoms with E-state index in [1.807, 2.05) is 11.3 Å². The van der Waals surface area contributed by atoms with Crippen LogP contribution in [-0.4, -0.2) is 0 Å². The Morgan fingerprint density at radius 3 is 1.62 bits per heavy atom. The molecule has 0 aliphatic heterocycles. The molecule has 11 aromatic rings. The van der Waals surface area contributed by atoms with E-state index in [9.17, 15) is 0 Å². The molecular formula is C62H43NS. The highest BCUT2D eigenvalue weighted by atomic mass is 32.1. The van der Waals surface area contributed by atoms with Crippen molar-refractivity contribution < 1.29 is 0 Å². The Labute approximate surface area is 378 Å². The van der Waals surface area contributed by atoms with E-state index in [0.717, 1.165) is 22.6 Å². The maximum absolute atomic E-state index is 2.48. The highest BCUT2D eigenvalue weighted by Crippen LogP contribution is 2.54. The lowest BCUT2D eigenvalue weighted by molar-refractivity contribution is 0.714. The molecule has 0 fully saturated rings. The molecule has 0 amide bonds. The molecule has 0 N–H and O–H groups in total. The smallest absolute Gasteiger partial charge is 0.0540 e. The first-order valence-electron chi connectivity index (χ1n) is 22.1. The van der Waals surface area contributed by atoms with Crippen molar-refractivity contribution in [1.29, 1.82) is 0 Å². The van der Waals surface area contributed by atoms with Gasteiger partial charge in [-0.05, 0) is 122 Å². The first kappa shape index (κ1) is 37.9. The maximum atomic E-state index is 2.48. The lowest BCUT2D eigenvalue weighted by atomic mass is 9.74. The van der Waals surface area contributed by atoms with Crippen molar-refractivity contribution in [3.8, 4) is 55.6 Å². The standard InChI is InChI=1S/C62H43NS/c1-62(45-20-6-3-7-21-45)57-29-15-12-26-52(57)53-38-37-47(41-58(53)62)63(46-35-32-42(33-36-46)44-34-39-61-56(40-44)55-28-14-17-31-60(55)64-61)59-30-16-13-27-54(59)51-25-11-10-24-50(51)49-23-9-8-22-48(49)43-18-4-2-5-19-43/h2-41H,1H3. The van der Waals surface area contributed by atoms with Crippen LogP contribution < -0.4 is 4.90 Å². The number of hydrogen-bond acceptors (Lipinski definition) is 2. The highest BCUT2D eigenvalue weighted by molar-refractivity contribution is 7.25. The minimum atomic E-state index is -0.337. The summed E-state index contributed by atoms with van der Waals surface area (Å²) in [7, 11) is 0. The van der Waals surface area contributed by atoms with Crippen LogP contribution in [0.1, 0.15) is 23.6 Å². The molecule has 0 saturated heterocycles. The SMILES string of the molecule is CC1(c2ccccc2)c2ccccc2-c2ccc(N(c3ccc(-c4ccc5sc6ccccc6c5c4)cc3)c3ccccc3-c3ccccc3-c3ccccc3-c3ccccc3)cc21. The molecule has 1 atom stereocenters. The number of hydrogen-bond donors (Lipinski definition) is 0. The van der Waals surface area contributed by atoms with Crippen molar-refractivity contribution in [2.75, 3.05) is 4.90 Å². The number of benzene rings is 10. The molecule has 0 bridgehead atoms. The molecule has 1 aliphatic carbocycles. The Kier molecular flexibility index (Phi) is 9.21. The quantitative estimate of drug-likeness (QED) is 0.147. The van der Waals surface area contributed by atoms with Crippen LogP contribution in [0.4, 0.5) is 17.1 Å². The van der Waals surface area contributed by atoms with Crippen molar-refractivity contribution in [2.24, 2.45) is 0 Å².